The average Bonchev–Trinajstić information content (AvgIpc) is 3.18. The van der Waals surface area contributed by atoms with Crippen LogP contribution in [0.15, 0.2) is 17.0 Å². The van der Waals surface area contributed by atoms with Crippen LogP contribution in [0.4, 0.5) is 5.69 Å². The summed E-state index contributed by atoms with van der Waals surface area (Å²) in [5.74, 6) is 0.295. The van der Waals surface area contributed by atoms with Crippen LogP contribution in [0.3, 0.4) is 0 Å². The Balaban J connectivity index is 2.37. The number of nitro benzene ring substituents is 1. The summed E-state index contributed by atoms with van der Waals surface area (Å²) in [6, 6.07) is 2.27. The van der Waals surface area contributed by atoms with Crippen molar-refractivity contribution in [1.82, 2.24) is 4.72 Å². The van der Waals surface area contributed by atoms with Crippen molar-refractivity contribution in [2.75, 3.05) is 6.54 Å². The van der Waals surface area contributed by atoms with Gasteiger partial charge in [-0.3, -0.25) is 10.1 Å². The van der Waals surface area contributed by atoms with Gasteiger partial charge in [0.25, 0.3) is 5.69 Å². The van der Waals surface area contributed by atoms with Gasteiger partial charge in [0.2, 0.25) is 10.0 Å². The fourth-order valence-electron chi connectivity index (χ4n) is 2.55. The Morgan fingerprint density at radius 2 is 1.90 bits per heavy atom. The van der Waals surface area contributed by atoms with E-state index in [-0.39, 0.29) is 23.2 Å². The van der Waals surface area contributed by atoms with Gasteiger partial charge in [0, 0.05) is 24.7 Å². The molecule has 7 nitrogen and oxygen atoms in total. The molecule has 1 aromatic rings. The SMILES string of the molecule is Cc1cc([N+](=O)[O-])cc(C)c1S(=O)(=O)N[C@H](CN)C1CC1. The summed E-state index contributed by atoms with van der Waals surface area (Å²) in [5.41, 5.74) is 6.24. The molecular weight excluding hydrogens is 294 g/mol. The molecule has 2 rings (SSSR count). The zero-order chi connectivity index (χ0) is 15.8. The second-order valence-electron chi connectivity index (χ2n) is 5.47. The number of benzene rings is 1. The second kappa shape index (κ2) is 5.70. The first-order valence-corrected chi connectivity index (χ1v) is 8.22. The number of rotatable bonds is 6. The highest BCUT2D eigenvalue weighted by atomic mass is 32.2. The quantitative estimate of drug-likeness (QED) is 0.605. The fourth-order valence-corrected chi connectivity index (χ4v) is 4.32. The van der Waals surface area contributed by atoms with E-state index in [0.717, 1.165) is 12.8 Å². The first-order chi connectivity index (χ1) is 9.76. The number of hydrogen-bond acceptors (Lipinski definition) is 5. The Morgan fingerprint density at radius 1 is 1.38 bits per heavy atom. The number of nitrogens with zero attached hydrogens (tertiary/aromatic N) is 1. The van der Waals surface area contributed by atoms with Gasteiger partial charge in [-0.05, 0) is 43.7 Å². The van der Waals surface area contributed by atoms with Crippen molar-refractivity contribution in [2.45, 2.75) is 37.6 Å². The van der Waals surface area contributed by atoms with Crippen LogP contribution < -0.4 is 10.5 Å². The highest BCUT2D eigenvalue weighted by molar-refractivity contribution is 7.89. The van der Waals surface area contributed by atoms with Gasteiger partial charge in [-0.1, -0.05) is 0 Å². The van der Waals surface area contributed by atoms with Crippen LogP contribution in [0.1, 0.15) is 24.0 Å². The Morgan fingerprint density at radius 3 is 2.29 bits per heavy atom. The summed E-state index contributed by atoms with van der Waals surface area (Å²) >= 11 is 0. The first kappa shape index (κ1) is 15.9. The second-order valence-corrected chi connectivity index (χ2v) is 7.12. The predicted octanol–water partition coefficient (Wildman–Crippen LogP) is 1.23. The molecule has 0 bridgehead atoms. The van der Waals surface area contributed by atoms with Crippen LogP contribution >= 0.6 is 0 Å². The van der Waals surface area contributed by atoms with Crippen LogP contribution in [-0.4, -0.2) is 25.9 Å². The predicted molar refractivity (Wildman–Crippen MR) is 78.5 cm³/mol. The highest BCUT2D eigenvalue weighted by Crippen LogP contribution is 2.33. The summed E-state index contributed by atoms with van der Waals surface area (Å²) in [6.07, 6.45) is 1.95. The van der Waals surface area contributed by atoms with Crippen LogP contribution in [0.2, 0.25) is 0 Å². The molecule has 0 saturated heterocycles. The maximum absolute atomic E-state index is 12.5. The highest BCUT2D eigenvalue weighted by Gasteiger charge is 2.34. The third-order valence-corrected chi connectivity index (χ3v) is 5.47. The molecule has 0 aromatic heterocycles. The summed E-state index contributed by atoms with van der Waals surface area (Å²) < 4.78 is 27.7. The van der Waals surface area contributed by atoms with Crippen LogP contribution in [-0.2, 0) is 10.0 Å². The molecule has 1 fully saturated rings. The van der Waals surface area contributed by atoms with Crippen molar-refractivity contribution in [1.29, 1.82) is 0 Å². The normalized spacial score (nSPS) is 16.7. The van der Waals surface area contributed by atoms with Gasteiger partial charge < -0.3 is 5.73 Å². The summed E-state index contributed by atoms with van der Waals surface area (Å²) in [4.78, 5) is 10.4. The van der Waals surface area contributed by atoms with E-state index in [0.29, 0.717) is 17.0 Å². The molecule has 0 spiro atoms. The van der Waals surface area contributed by atoms with Crippen LogP contribution in [0.25, 0.3) is 0 Å². The van der Waals surface area contributed by atoms with Crippen LogP contribution in [0.5, 0.6) is 0 Å². The van der Waals surface area contributed by atoms with E-state index >= 15 is 0 Å². The zero-order valence-electron chi connectivity index (χ0n) is 12.0. The molecule has 0 heterocycles. The third kappa shape index (κ3) is 3.39. The smallest absolute Gasteiger partial charge is 0.270 e. The fraction of sp³-hybridized carbons (Fsp3) is 0.538. The van der Waals surface area contributed by atoms with Gasteiger partial charge >= 0.3 is 0 Å². The maximum atomic E-state index is 12.5. The lowest BCUT2D eigenvalue weighted by molar-refractivity contribution is -0.385. The summed E-state index contributed by atoms with van der Waals surface area (Å²) in [5, 5.41) is 10.8. The van der Waals surface area contributed by atoms with Gasteiger partial charge in [-0.15, -0.1) is 0 Å². The largest absolute Gasteiger partial charge is 0.329 e. The van der Waals surface area contributed by atoms with Crippen molar-refractivity contribution in [3.8, 4) is 0 Å². The first-order valence-electron chi connectivity index (χ1n) is 6.74. The molecule has 1 aliphatic carbocycles. The number of non-ortho nitro benzene ring substituents is 1. The minimum atomic E-state index is -3.73. The molecule has 1 atom stereocenters. The number of nitrogens with two attached hydrogens (primary N) is 1. The Hall–Kier alpha value is -1.51. The number of nitrogens with one attached hydrogen (secondary N) is 1. The van der Waals surface area contributed by atoms with Gasteiger partial charge in [0.05, 0.1) is 9.82 Å². The Bertz CT molecular complexity index is 645. The molecule has 0 unspecified atom stereocenters. The molecular formula is C13H19N3O4S. The Labute approximate surface area is 123 Å². The van der Waals surface area contributed by atoms with Crippen LogP contribution in [0, 0.1) is 29.9 Å². The van der Waals surface area contributed by atoms with Crippen molar-refractivity contribution < 1.29 is 13.3 Å². The van der Waals surface area contributed by atoms with E-state index in [2.05, 4.69) is 4.72 Å². The van der Waals surface area contributed by atoms with E-state index in [1.54, 1.807) is 13.8 Å². The Kier molecular flexibility index (Phi) is 4.31. The van der Waals surface area contributed by atoms with E-state index in [4.69, 9.17) is 5.73 Å². The van der Waals surface area contributed by atoms with E-state index in [1.807, 2.05) is 0 Å². The van der Waals surface area contributed by atoms with Gasteiger partial charge in [0.1, 0.15) is 0 Å². The molecule has 0 radical (unpaired) electrons. The van der Waals surface area contributed by atoms with E-state index in [9.17, 15) is 18.5 Å². The monoisotopic (exact) mass is 313 g/mol. The van der Waals surface area contributed by atoms with Crippen molar-refractivity contribution in [3.05, 3.63) is 33.4 Å². The zero-order valence-corrected chi connectivity index (χ0v) is 12.8. The molecule has 1 aromatic carbocycles. The summed E-state index contributed by atoms with van der Waals surface area (Å²) in [6.45, 7) is 3.36. The number of nitro groups is 1. The molecule has 8 heteroatoms. The topological polar surface area (TPSA) is 115 Å². The lowest BCUT2D eigenvalue weighted by atomic mass is 10.1. The standard InChI is InChI=1S/C13H19N3O4S/c1-8-5-11(16(17)18)6-9(2)13(8)21(19,20)15-12(7-14)10-3-4-10/h5-6,10,12,15H,3-4,7,14H2,1-2H3/t12-/m1/s1. The van der Waals surface area contributed by atoms with Crippen molar-refractivity contribution in [3.63, 3.8) is 0 Å². The van der Waals surface area contributed by atoms with Gasteiger partial charge in [-0.2, -0.15) is 0 Å². The molecule has 0 amide bonds. The summed E-state index contributed by atoms with van der Waals surface area (Å²) in [7, 11) is -3.73. The van der Waals surface area contributed by atoms with Gasteiger partial charge in [0.15, 0.2) is 0 Å². The molecule has 1 aliphatic rings. The van der Waals surface area contributed by atoms with E-state index < -0.39 is 14.9 Å². The molecule has 3 N–H and O–H groups in total. The maximum Gasteiger partial charge on any atom is 0.270 e. The number of hydrogen-bond donors (Lipinski definition) is 2. The molecule has 1 saturated carbocycles. The van der Waals surface area contributed by atoms with E-state index in [1.165, 1.54) is 12.1 Å². The third-order valence-electron chi connectivity index (χ3n) is 3.68. The number of aryl methyl sites for hydroxylation is 2. The van der Waals surface area contributed by atoms with Gasteiger partial charge in [-0.25, -0.2) is 13.1 Å². The molecule has 21 heavy (non-hydrogen) atoms. The molecule has 116 valence electrons. The number of sulfonamides is 1. The lowest BCUT2D eigenvalue weighted by Crippen LogP contribution is -2.42. The average molecular weight is 313 g/mol. The van der Waals surface area contributed by atoms with Crippen molar-refractivity contribution in [2.24, 2.45) is 11.7 Å². The lowest BCUT2D eigenvalue weighted by Gasteiger charge is -2.18. The minimum absolute atomic E-state index is 0.104. The minimum Gasteiger partial charge on any atom is -0.329 e. The molecule has 0 aliphatic heterocycles. The van der Waals surface area contributed by atoms with Crippen molar-refractivity contribution >= 4 is 15.7 Å².